The first-order valence-corrected chi connectivity index (χ1v) is 11.2. The van der Waals surface area contributed by atoms with E-state index in [1.165, 1.54) is 32.7 Å². The molecule has 0 bridgehead atoms. The molecular weight excluding hydrogens is 398 g/mol. The van der Waals surface area contributed by atoms with Crippen molar-refractivity contribution in [2.75, 3.05) is 4.90 Å². The van der Waals surface area contributed by atoms with Gasteiger partial charge in [-0.15, -0.1) is 0 Å². The van der Waals surface area contributed by atoms with E-state index in [9.17, 15) is 0 Å². The quantitative estimate of drug-likeness (QED) is 0.273. The summed E-state index contributed by atoms with van der Waals surface area (Å²) in [5.74, 6) is 0. The lowest BCUT2D eigenvalue weighted by Gasteiger charge is -2.27. The van der Waals surface area contributed by atoms with E-state index < -0.39 is 0 Å². The third kappa shape index (κ3) is 2.94. The second kappa shape index (κ2) is 7.65. The molecule has 33 heavy (non-hydrogen) atoms. The van der Waals surface area contributed by atoms with E-state index >= 15 is 0 Å². The van der Waals surface area contributed by atoms with Crippen LogP contribution in [0.15, 0.2) is 128 Å². The van der Waals surface area contributed by atoms with Crippen molar-refractivity contribution in [3.8, 4) is 0 Å². The first-order chi connectivity index (χ1) is 16.3. The van der Waals surface area contributed by atoms with Crippen molar-refractivity contribution in [1.82, 2.24) is 0 Å². The molecule has 0 fully saturated rings. The largest absolute Gasteiger partial charge is 0.310 e. The summed E-state index contributed by atoms with van der Waals surface area (Å²) < 4.78 is 0. The van der Waals surface area contributed by atoms with E-state index in [1.54, 1.807) is 0 Å². The van der Waals surface area contributed by atoms with Gasteiger partial charge in [0.05, 0.1) is 5.69 Å². The topological polar surface area (TPSA) is 3.24 Å². The van der Waals surface area contributed by atoms with E-state index in [-0.39, 0.29) is 0 Å². The lowest BCUT2D eigenvalue weighted by Crippen LogP contribution is -2.10. The Morgan fingerprint density at radius 2 is 1.24 bits per heavy atom. The van der Waals surface area contributed by atoms with Gasteiger partial charge in [-0.2, -0.15) is 0 Å². The molecule has 5 aromatic carbocycles. The third-order valence-electron chi connectivity index (χ3n) is 6.54. The fraction of sp³-hybridized carbons (Fsp3) is 0. The van der Waals surface area contributed by atoms with Gasteiger partial charge in [0.15, 0.2) is 0 Å². The maximum Gasteiger partial charge on any atom is 0.0540 e. The fourth-order valence-corrected chi connectivity index (χ4v) is 5.09. The van der Waals surface area contributed by atoms with Crippen LogP contribution in [-0.2, 0) is 0 Å². The number of hydrogen-bond acceptors (Lipinski definition) is 1. The van der Waals surface area contributed by atoms with E-state index in [1.807, 2.05) is 12.2 Å². The molecule has 0 aliphatic heterocycles. The van der Waals surface area contributed by atoms with Crippen molar-refractivity contribution >= 4 is 49.8 Å². The van der Waals surface area contributed by atoms with Crippen molar-refractivity contribution in [2.45, 2.75) is 0 Å². The lowest BCUT2D eigenvalue weighted by atomic mass is 9.99. The van der Waals surface area contributed by atoms with Crippen LogP contribution in [0, 0.1) is 0 Å². The molecule has 5 aromatic rings. The van der Waals surface area contributed by atoms with E-state index in [0.29, 0.717) is 0 Å². The van der Waals surface area contributed by atoms with Crippen LogP contribution in [0.4, 0.5) is 17.1 Å². The summed E-state index contributed by atoms with van der Waals surface area (Å²) in [4.78, 5) is 2.36. The van der Waals surface area contributed by atoms with Crippen LogP contribution in [-0.4, -0.2) is 0 Å². The number of para-hydroxylation sites is 1. The molecule has 1 aliphatic rings. The second-order valence-electron chi connectivity index (χ2n) is 8.30. The van der Waals surface area contributed by atoms with E-state index in [4.69, 9.17) is 0 Å². The maximum atomic E-state index is 4.08. The molecule has 1 nitrogen and oxygen atoms in total. The Morgan fingerprint density at radius 3 is 2.00 bits per heavy atom. The van der Waals surface area contributed by atoms with Gasteiger partial charge in [-0.3, -0.25) is 0 Å². The Balaban J connectivity index is 1.65. The number of anilines is 3. The highest BCUT2D eigenvalue weighted by molar-refractivity contribution is 6.20. The van der Waals surface area contributed by atoms with Gasteiger partial charge in [-0.25, -0.2) is 0 Å². The first-order valence-electron chi connectivity index (χ1n) is 11.2. The molecule has 1 heteroatoms. The number of nitrogens with zero attached hydrogens (tertiary/aromatic N) is 1. The molecule has 0 heterocycles. The van der Waals surface area contributed by atoms with Crippen LogP contribution in [0.3, 0.4) is 0 Å². The van der Waals surface area contributed by atoms with Gasteiger partial charge in [0.1, 0.15) is 0 Å². The molecule has 0 atom stereocenters. The molecule has 0 aromatic heterocycles. The zero-order chi connectivity index (χ0) is 22.4. The highest BCUT2D eigenvalue weighted by Gasteiger charge is 2.24. The summed E-state index contributed by atoms with van der Waals surface area (Å²) >= 11 is 0. The van der Waals surface area contributed by atoms with Crippen LogP contribution in [0.5, 0.6) is 0 Å². The van der Waals surface area contributed by atoms with Gasteiger partial charge in [-0.05, 0) is 68.8 Å². The van der Waals surface area contributed by atoms with Crippen LogP contribution in [0.2, 0.25) is 0 Å². The van der Waals surface area contributed by atoms with Gasteiger partial charge in [0.25, 0.3) is 0 Å². The summed E-state index contributed by atoms with van der Waals surface area (Å²) in [7, 11) is 0. The molecule has 0 unspecified atom stereocenters. The zero-order valence-corrected chi connectivity index (χ0v) is 18.3. The molecule has 156 valence electrons. The minimum atomic E-state index is 1.13. The third-order valence-corrected chi connectivity index (χ3v) is 6.54. The maximum absolute atomic E-state index is 4.08. The smallest absolute Gasteiger partial charge is 0.0540 e. The highest BCUT2D eigenvalue weighted by Crippen LogP contribution is 2.48. The Bertz CT molecular complexity index is 1560. The Labute approximate surface area is 194 Å². The highest BCUT2D eigenvalue weighted by atomic mass is 15.1. The van der Waals surface area contributed by atoms with Crippen LogP contribution in [0.1, 0.15) is 11.1 Å². The number of fused-ring (bicyclic) bond motifs is 1. The molecule has 6 rings (SSSR count). The molecule has 0 N–H and O–H groups in total. The number of hydrogen-bond donors (Lipinski definition) is 0. The van der Waals surface area contributed by atoms with Gasteiger partial charge in [0.2, 0.25) is 0 Å². The van der Waals surface area contributed by atoms with Crippen LogP contribution < -0.4 is 4.90 Å². The number of allylic oxidation sites excluding steroid dienone is 4. The summed E-state index contributed by atoms with van der Waals surface area (Å²) in [5.41, 5.74) is 8.18. The summed E-state index contributed by atoms with van der Waals surface area (Å²) in [6.07, 6.45) is 3.90. The molecule has 0 saturated carbocycles. The van der Waals surface area contributed by atoms with E-state index in [0.717, 1.165) is 28.2 Å². The molecule has 1 aliphatic carbocycles. The number of rotatable bonds is 5. The van der Waals surface area contributed by atoms with Gasteiger partial charge < -0.3 is 4.90 Å². The summed E-state index contributed by atoms with van der Waals surface area (Å²) in [5, 5.41) is 4.95. The van der Waals surface area contributed by atoms with Gasteiger partial charge in [0, 0.05) is 16.8 Å². The number of benzene rings is 5. The predicted molar refractivity (Wildman–Crippen MR) is 143 cm³/mol. The van der Waals surface area contributed by atoms with Crippen molar-refractivity contribution < 1.29 is 0 Å². The Kier molecular flexibility index (Phi) is 4.48. The molecule has 0 spiro atoms. The van der Waals surface area contributed by atoms with Crippen molar-refractivity contribution in [1.29, 1.82) is 0 Å². The SMILES string of the molecule is C=CC1=C(C=C)c2ccc(N(c3ccccc3)c3ccc4ccccc4c3)c3cccc1c23. The fourth-order valence-electron chi connectivity index (χ4n) is 5.09. The van der Waals surface area contributed by atoms with Crippen molar-refractivity contribution in [3.05, 3.63) is 140 Å². The van der Waals surface area contributed by atoms with Crippen LogP contribution >= 0.6 is 0 Å². The molecule has 0 radical (unpaired) electrons. The lowest BCUT2D eigenvalue weighted by molar-refractivity contribution is 1.30. The van der Waals surface area contributed by atoms with Gasteiger partial charge >= 0.3 is 0 Å². The van der Waals surface area contributed by atoms with Crippen LogP contribution in [0.25, 0.3) is 32.7 Å². The first kappa shape index (κ1) is 19.3. The monoisotopic (exact) mass is 421 g/mol. The average molecular weight is 422 g/mol. The predicted octanol–water partition coefficient (Wildman–Crippen LogP) is 9.06. The zero-order valence-electron chi connectivity index (χ0n) is 18.3. The van der Waals surface area contributed by atoms with Crippen molar-refractivity contribution in [3.63, 3.8) is 0 Å². The normalized spacial score (nSPS) is 12.4. The molecule has 0 amide bonds. The summed E-state index contributed by atoms with van der Waals surface area (Å²) in [6.45, 7) is 8.15. The van der Waals surface area contributed by atoms with Gasteiger partial charge in [-0.1, -0.05) is 98.1 Å². The Hall–Kier alpha value is -4.36. The second-order valence-corrected chi connectivity index (χ2v) is 8.30. The minimum absolute atomic E-state index is 1.13. The average Bonchev–Trinajstić information content (AvgIpc) is 3.20. The summed E-state index contributed by atoms with van der Waals surface area (Å²) in [6, 6.07) is 36.8. The van der Waals surface area contributed by atoms with E-state index in [2.05, 4.69) is 121 Å². The minimum Gasteiger partial charge on any atom is -0.310 e. The van der Waals surface area contributed by atoms with Crippen molar-refractivity contribution in [2.24, 2.45) is 0 Å². The Morgan fingerprint density at radius 1 is 0.545 bits per heavy atom. The standard InChI is InChI=1S/C32H23N/c1-3-26-27(4-2)29-19-20-31(30-16-10-15-28(26)32(29)30)33(24-13-6-5-7-14-24)25-18-17-22-11-8-9-12-23(22)21-25/h3-21H,1-2H2. The molecule has 0 saturated heterocycles. The molecular formula is C32H23N.